The lowest BCUT2D eigenvalue weighted by molar-refractivity contribution is -0.117. The zero-order valence-corrected chi connectivity index (χ0v) is 16.6. The summed E-state index contributed by atoms with van der Waals surface area (Å²) in [5, 5.41) is 0. The zero-order chi connectivity index (χ0) is 19.4. The number of para-hydroxylation sites is 1. The minimum atomic E-state index is -0.893. The standard InChI is InChI=1S/C22H22N2O3S/c1-16(25)24-19-10-6-5-9-18(19)20(26)22(24)21(28-22,23-11-13-27-14-12-23)15-17-7-3-2-4-8-17/h2-10H,11-15H2,1H3. The van der Waals surface area contributed by atoms with Crippen molar-refractivity contribution in [2.75, 3.05) is 31.2 Å². The Kier molecular flexibility index (Phi) is 4.12. The van der Waals surface area contributed by atoms with Crippen LogP contribution >= 0.6 is 11.8 Å². The van der Waals surface area contributed by atoms with E-state index in [0.717, 1.165) is 18.8 Å². The quantitative estimate of drug-likeness (QED) is 0.749. The van der Waals surface area contributed by atoms with Gasteiger partial charge < -0.3 is 4.74 Å². The van der Waals surface area contributed by atoms with E-state index in [1.54, 1.807) is 23.6 Å². The lowest BCUT2D eigenvalue weighted by atomic mass is 9.93. The van der Waals surface area contributed by atoms with Crippen molar-refractivity contribution in [2.24, 2.45) is 0 Å². The van der Waals surface area contributed by atoms with E-state index in [4.69, 9.17) is 4.74 Å². The number of benzene rings is 2. The number of rotatable bonds is 3. The minimum Gasteiger partial charge on any atom is -0.379 e. The first-order valence-electron chi connectivity index (χ1n) is 9.62. The van der Waals surface area contributed by atoms with Crippen LogP contribution in [0, 0.1) is 0 Å². The molecule has 28 heavy (non-hydrogen) atoms. The van der Waals surface area contributed by atoms with Crippen LogP contribution in [0.3, 0.4) is 0 Å². The molecular weight excluding hydrogens is 372 g/mol. The molecule has 0 bridgehead atoms. The third-order valence-corrected chi connectivity index (χ3v) is 7.77. The fourth-order valence-electron chi connectivity index (χ4n) is 4.71. The van der Waals surface area contributed by atoms with Gasteiger partial charge in [-0.05, 0) is 17.7 Å². The highest BCUT2D eigenvalue weighted by molar-refractivity contribution is 8.10. The molecule has 2 atom stereocenters. The van der Waals surface area contributed by atoms with Crippen molar-refractivity contribution in [3.05, 3.63) is 65.7 Å². The summed E-state index contributed by atoms with van der Waals surface area (Å²) in [6, 6.07) is 17.7. The van der Waals surface area contributed by atoms with Gasteiger partial charge >= 0.3 is 0 Å². The van der Waals surface area contributed by atoms with Crippen LogP contribution in [0.4, 0.5) is 5.69 Å². The van der Waals surface area contributed by atoms with E-state index < -0.39 is 9.74 Å². The molecule has 3 aliphatic heterocycles. The summed E-state index contributed by atoms with van der Waals surface area (Å²) in [4.78, 5) is 29.2. The molecule has 0 aliphatic carbocycles. The Balaban J connectivity index is 1.63. The highest BCUT2D eigenvalue weighted by atomic mass is 32.2. The lowest BCUT2D eigenvalue weighted by Gasteiger charge is -2.37. The fraction of sp³-hybridized carbons (Fsp3) is 0.364. The Labute approximate surface area is 168 Å². The van der Waals surface area contributed by atoms with Gasteiger partial charge in [-0.2, -0.15) is 0 Å². The first kappa shape index (κ1) is 17.9. The molecule has 144 valence electrons. The van der Waals surface area contributed by atoms with Gasteiger partial charge in [-0.3, -0.25) is 19.4 Å². The fourth-order valence-corrected chi connectivity index (χ4v) is 6.61. The number of carbonyl (C=O) groups excluding carboxylic acids is 2. The second-order valence-corrected chi connectivity index (χ2v) is 8.96. The topological polar surface area (TPSA) is 49.9 Å². The van der Waals surface area contributed by atoms with Crippen LogP contribution in [0.15, 0.2) is 54.6 Å². The van der Waals surface area contributed by atoms with E-state index >= 15 is 0 Å². The zero-order valence-electron chi connectivity index (χ0n) is 15.8. The van der Waals surface area contributed by atoms with E-state index in [1.165, 1.54) is 5.56 Å². The Bertz CT molecular complexity index is 944. The normalized spacial score (nSPS) is 29.2. The van der Waals surface area contributed by atoms with E-state index in [1.807, 2.05) is 42.5 Å². The molecule has 5 rings (SSSR count). The van der Waals surface area contributed by atoms with Crippen LogP contribution in [-0.2, 0) is 16.0 Å². The molecule has 0 saturated carbocycles. The summed E-state index contributed by atoms with van der Waals surface area (Å²) in [7, 11) is 0. The van der Waals surface area contributed by atoms with Gasteiger partial charge in [0.2, 0.25) is 11.7 Å². The summed E-state index contributed by atoms with van der Waals surface area (Å²) in [5.41, 5.74) is 2.55. The molecule has 1 amide bonds. The van der Waals surface area contributed by atoms with Gasteiger partial charge in [-0.1, -0.05) is 54.2 Å². The number of thioether (sulfide) groups is 1. The maximum atomic E-state index is 13.7. The van der Waals surface area contributed by atoms with Gasteiger partial charge in [-0.15, -0.1) is 0 Å². The largest absolute Gasteiger partial charge is 0.379 e. The van der Waals surface area contributed by atoms with Gasteiger partial charge in [0.1, 0.15) is 4.87 Å². The number of amides is 1. The number of hydrogen-bond donors (Lipinski definition) is 0. The van der Waals surface area contributed by atoms with E-state index in [9.17, 15) is 9.59 Å². The molecule has 0 radical (unpaired) electrons. The summed E-state index contributed by atoms with van der Waals surface area (Å²) in [6.07, 6.45) is 0.710. The minimum absolute atomic E-state index is 0.0470. The summed E-state index contributed by atoms with van der Waals surface area (Å²) < 4.78 is 5.57. The Morgan fingerprint density at radius 2 is 1.75 bits per heavy atom. The predicted octanol–water partition coefficient (Wildman–Crippen LogP) is 2.95. The van der Waals surface area contributed by atoms with Gasteiger partial charge in [-0.25, -0.2) is 0 Å². The van der Waals surface area contributed by atoms with Crippen LogP contribution in [-0.4, -0.2) is 52.6 Å². The maximum absolute atomic E-state index is 13.7. The molecule has 1 spiro atoms. The van der Waals surface area contributed by atoms with E-state index in [-0.39, 0.29) is 11.7 Å². The van der Waals surface area contributed by atoms with Gasteiger partial charge in [0.15, 0.2) is 4.87 Å². The molecule has 2 unspecified atom stereocenters. The molecule has 3 heterocycles. The Hall–Kier alpha value is -2.15. The number of nitrogens with zero attached hydrogens (tertiary/aromatic N) is 2. The second-order valence-electron chi connectivity index (χ2n) is 7.49. The van der Waals surface area contributed by atoms with Gasteiger partial charge in [0.25, 0.3) is 0 Å². The van der Waals surface area contributed by atoms with Crippen molar-refractivity contribution in [3.8, 4) is 0 Å². The first-order valence-corrected chi connectivity index (χ1v) is 10.4. The molecule has 0 aromatic heterocycles. The van der Waals surface area contributed by atoms with Crippen LogP contribution in [0.25, 0.3) is 0 Å². The summed E-state index contributed by atoms with van der Waals surface area (Å²) >= 11 is 1.62. The van der Waals surface area contributed by atoms with Crippen molar-refractivity contribution in [2.45, 2.75) is 23.1 Å². The number of anilines is 1. The molecule has 2 aromatic rings. The summed E-state index contributed by atoms with van der Waals surface area (Å²) in [5.74, 6) is -0.0419. The SMILES string of the molecule is CC(=O)N1c2ccccc2C(=O)C12SC2(Cc1ccccc1)N1CCOCC1. The van der Waals surface area contributed by atoms with E-state index in [2.05, 4.69) is 17.0 Å². The number of ether oxygens (including phenoxy) is 1. The highest BCUT2D eigenvalue weighted by Crippen LogP contribution is 2.72. The van der Waals surface area contributed by atoms with Crippen molar-refractivity contribution < 1.29 is 14.3 Å². The van der Waals surface area contributed by atoms with Crippen molar-refractivity contribution in [1.29, 1.82) is 0 Å². The van der Waals surface area contributed by atoms with E-state index in [0.29, 0.717) is 25.2 Å². The number of carbonyl (C=O) groups is 2. The maximum Gasteiger partial charge on any atom is 0.225 e. The number of ketones is 1. The van der Waals surface area contributed by atoms with Crippen LogP contribution in [0.5, 0.6) is 0 Å². The van der Waals surface area contributed by atoms with Crippen LogP contribution in [0.2, 0.25) is 0 Å². The van der Waals surface area contributed by atoms with Crippen molar-refractivity contribution in [1.82, 2.24) is 4.90 Å². The monoisotopic (exact) mass is 394 g/mol. The number of Topliss-reactive ketones (excluding diaryl/α,β-unsaturated/α-hetero) is 1. The van der Waals surface area contributed by atoms with Gasteiger partial charge in [0, 0.05) is 32.0 Å². The van der Waals surface area contributed by atoms with Crippen LogP contribution in [0.1, 0.15) is 22.8 Å². The number of hydrogen-bond acceptors (Lipinski definition) is 5. The molecule has 5 nitrogen and oxygen atoms in total. The average Bonchev–Trinajstić information content (AvgIpc) is 3.31. The molecule has 0 N–H and O–H groups in total. The average molecular weight is 394 g/mol. The summed E-state index contributed by atoms with van der Waals surface area (Å²) in [6.45, 7) is 4.37. The molecule has 6 heteroatoms. The van der Waals surface area contributed by atoms with Crippen molar-refractivity contribution >= 4 is 29.1 Å². The van der Waals surface area contributed by atoms with Gasteiger partial charge in [0.05, 0.1) is 18.9 Å². The molecule has 2 aromatic carbocycles. The smallest absolute Gasteiger partial charge is 0.225 e. The molecular formula is C22H22N2O3S. The number of morpholine rings is 1. The molecule has 2 fully saturated rings. The molecule has 3 aliphatic rings. The molecule has 2 saturated heterocycles. The third-order valence-electron chi connectivity index (χ3n) is 5.94. The third kappa shape index (κ3) is 2.35. The first-order chi connectivity index (χ1) is 13.6. The highest BCUT2D eigenvalue weighted by Gasteiger charge is 2.81. The Morgan fingerprint density at radius 3 is 2.46 bits per heavy atom. The second kappa shape index (κ2) is 6.44. The Morgan fingerprint density at radius 1 is 1.07 bits per heavy atom. The van der Waals surface area contributed by atoms with Crippen molar-refractivity contribution in [3.63, 3.8) is 0 Å². The lowest BCUT2D eigenvalue weighted by Crippen LogP contribution is -2.57. The van der Waals surface area contributed by atoms with Crippen LogP contribution < -0.4 is 4.90 Å². The predicted molar refractivity (Wildman–Crippen MR) is 110 cm³/mol. The number of fused-ring (bicyclic) bond motifs is 1.